The third-order valence-corrected chi connectivity index (χ3v) is 7.26. The third kappa shape index (κ3) is 4.66. The van der Waals surface area contributed by atoms with Gasteiger partial charge in [-0.3, -0.25) is 9.36 Å². The van der Waals surface area contributed by atoms with Gasteiger partial charge >= 0.3 is 0 Å². The molecule has 5 aromatic rings. The summed E-state index contributed by atoms with van der Waals surface area (Å²) in [4.78, 5) is 22.7. The molecular formula is C28H26ClN7O2. The molecule has 1 aliphatic heterocycles. The average molecular weight is 528 g/mol. The summed E-state index contributed by atoms with van der Waals surface area (Å²) in [7, 11) is 0. The maximum absolute atomic E-state index is 13.5. The molecule has 4 heterocycles. The van der Waals surface area contributed by atoms with Crippen molar-refractivity contribution < 1.29 is 4.42 Å². The van der Waals surface area contributed by atoms with Crippen LogP contribution in [0.2, 0.25) is 5.02 Å². The monoisotopic (exact) mass is 527 g/mol. The summed E-state index contributed by atoms with van der Waals surface area (Å²) in [6.07, 6.45) is 5.39. The molecule has 9 nitrogen and oxygen atoms in total. The van der Waals surface area contributed by atoms with Crippen molar-refractivity contribution in [3.05, 3.63) is 82.1 Å². The Morgan fingerprint density at radius 1 is 1.16 bits per heavy atom. The maximum Gasteiger partial charge on any atom is 0.260 e. The molecule has 0 amide bonds. The van der Waals surface area contributed by atoms with E-state index < -0.39 is 0 Å². The number of fused-ring (bicyclic) bond motifs is 1. The zero-order chi connectivity index (χ0) is 26.1. The maximum atomic E-state index is 13.5. The molecule has 1 fully saturated rings. The highest BCUT2D eigenvalue weighted by Crippen LogP contribution is 2.32. The summed E-state index contributed by atoms with van der Waals surface area (Å²) in [5.41, 5.74) is 4.36. The Morgan fingerprint density at radius 2 is 2.03 bits per heavy atom. The van der Waals surface area contributed by atoms with Gasteiger partial charge in [-0.15, -0.1) is 10.2 Å². The van der Waals surface area contributed by atoms with Crippen LogP contribution in [0.1, 0.15) is 31.2 Å². The molecule has 1 saturated heterocycles. The number of piperidine rings is 1. The smallest absolute Gasteiger partial charge is 0.260 e. The summed E-state index contributed by atoms with van der Waals surface area (Å²) >= 11 is 6.59. The van der Waals surface area contributed by atoms with E-state index in [-0.39, 0.29) is 5.56 Å². The number of pyridine rings is 1. The van der Waals surface area contributed by atoms with E-state index in [4.69, 9.17) is 16.0 Å². The Kier molecular flexibility index (Phi) is 6.61. The predicted octanol–water partition coefficient (Wildman–Crippen LogP) is 5.39. The molecule has 1 aliphatic rings. The third-order valence-electron chi connectivity index (χ3n) is 6.94. The quantitative estimate of drug-likeness (QED) is 0.302. The first-order chi connectivity index (χ1) is 18.6. The van der Waals surface area contributed by atoms with Crippen LogP contribution in [0.4, 0.5) is 11.6 Å². The van der Waals surface area contributed by atoms with Crippen molar-refractivity contribution in [1.29, 1.82) is 0 Å². The number of hydrogen-bond donors (Lipinski definition) is 2. The molecule has 0 spiro atoms. The molecule has 0 radical (unpaired) electrons. The molecule has 192 valence electrons. The van der Waals surface area contributed by atoms with Crippen LogP contribution < -0.4 is 16.2 Å². The molecule has 1 atom stereocenters. The van der Waals surface area contributed by atoms with Crippen LogP contribution in [0.3, 0.4) is 0 Å². The summed E-state index contributed by atoms with van der Waals surface area (Å²) < 4.78 is 6.89. The number of nitrogens with one attached hydrogen (secondary N) is 2. The van der Waals surface area contributed by atoms with Gasteiger partial charge in [0.15, 0.2) is 0 Å². The van der Waals surface area contributed by atoms with Crippen molar-refractivity contribution in [3.8, 4) is 22.6 Å². The van der Waals surface area contributed by atoms with Gasteiger partial charge in [0, 0.05) is 52.1 Å². The molecule has 3 aromatic heterocycles. The van der Waals surface area contributed by atoms with Gasteiger partial charge in [-0.25, -0.2) is 4.98 Å². The molecule has 2 aromatic carbocycles. The van der Waals surface area contributed by atoms with E-state index >= 15 is 0 Å². The van der Waals surface area contributed by atoms with E-state index in [1.54, 1.807) is 35.0 Å². The number of hydrogen-bond acceptors (Lipinski definition) is 8. The lowest BCUT2D eigenvalue weighted by atomic mass is 9.92. The first-order valence-corrected chi connectivity index (χ1v) is 13.0. The summed E-state index contributed by atoms with van der Waals surface area (Å²) in [5, 5.41) is 15.5. The van der Waals surface area contributed by atoms with Crippen LogP contribution in [0.25, 0.3) is 33.6 Å². The molecule has 38 heavy (non-hydrogen) atoms. The normalized spacial score (nSPS) is 15.6. The number of halogens is 1. The molecule has 0 saturated carbocycles. The number of aryl methyl sites for hydroxylation is 1. The fourth-order valence-electron chi connectivity index (χ4n) is 4.98. The number of rotatable bonds is 6. The predicted molar refractivity (Wildman–Crippen MR) is 148 cm³/mol. The van der Waals surface area contributed by atoms with Crippen LogP contribution >= 0.6 is 11.6 Å². The first-order valence-electron chi connectivity index (χ1n) is 12.7. The molecule has 6 rings (SSSR count). The second kappa shape index (κ2) is 10.4. The number of aromatic nitrogens is 5. The molecule has 0 bridgehead atoms. The Bertz CT molecular complexity index is 1640. The van der Waals surface area contributed by atoms with Gasteiger partial charge in [0.05, 0.1) is 0 Å². The highest BCUT2D eigenvalue weighted by atomic mass is 35.5. The minimum atomic E-state index is -0.178. The molecule has 1 unspecified atom stereocenters. The van der Waals surface area contributed by atoms with E-state index in [1.165, 1.54) is 24.8 Å². The largest absolute Gasteiger partial charge is 0.423 e. The van der Waals surface area contributed by atoms with Gasteiger partial charge in [-0.2, -0.15) is 4.98 Å². The average Bonchev–Trinajstić information content (AvgIpc) is 3.49. The van der Waals surface area contributed by atoms with Crippen LogP contribution in [0.5, 0.6) is 0 Å². The fourth-order valence-corrected chi connectivity index (χ4v) is 5.26. The van der Waals surface area contributed by atoms with Gasteiger partial charge in [-0.05, 0) is 68.1 Å². The first kappa shape index (κ1) is 24.3. The van der Waals surface area contributed by atoms with Gasteiger partial charge in [-0.1, -0.05) is 29.8 Å². The van der Waals surface area contributed by atoms with Crippen LogP contribution in [-0.2, 0) is 6.54 Å². The molecule has 10 heteroatoms. The van der Waals surface area contributed by atoms with Gasteiger partial charge in [0.25, 0.3) is 5.56 Å². The van der Waals surface area contributed by atoms with Gasteiger partial charge in [0.1, 0.15) is 5.65 Å². The summed E-state index contributed by atoms with van der Waals surface area (Å²) in [6.45, 7) is 4.48. The van der Waals surface area contributed by atoms with E-state index in [2.05, 4.69) is 42.9 Å². The number of nitrogens with zero attached hydrogens (tertiary/aromatic N) is 5. The number of benzene rings is 2. The van der Waals surface area contributed by atoms with E-state index in [0.29, 0.717) is 51.7 Å². The van der Waals surface area contributed by atoms with Crippen molar-refractivity contribution in [1.82, 2.24) is 30.0 Å². The van der Waals surface area contributed by atoms with Crippen LogP contribution in [-0.4, -0.2) is 37.8 Å². The zero-order valence-electron chi connectivity index (χ0n) is 20.8. The molecule has 0 aliphatic carbocycles. The topological polar surface area (TPSA) is 111 Å². The highest BCUT2D eigenvalue weighted by molar-refractivity contribution is 6.33. The van der Waals surface area contributed by atoms with Crippen molar-refractivity contribution in [2.45, 2.75) is 32.2 Å². The standard InChI is InChI=1S/C28H26ClN7O2/c1-2-36-25-20(12-23(27(36)37)22-10-7-18(13-24(22)29)26-35-32-16-38-26)15-31-28(34-25)33-21-8-5-17(6-9-21)19-4-3-11-30-14-19/h5-10,12-13,15-16,19,30H,2-4,11,14H2,1H3,(H,31,33,34). The number of anilines is 2. The minimum Gasteiger partial charge on any atom is -0.423 e. The van der Waals surface area contributed by atoms with Crippen molar-refractivity contribution in [2.75, 3.05) is 18.4 Å². The second-order valence-electron chi connectivity index (χ2n) is 9.31. The SMILES string of the molecule is CCn1c(=O)c(-c2ccc(-c3nnco3)cc2Cl)cc2cnc(Nc3ccc(C4CCCNC4)cc3)nc21. The second-order valence-corrected chi connectivity index (χ2v) is 9.72. The summed E-state index contributed by atoms with van der Waals surface area (Å²) in [6, 6.07) is 15.5. The van der Waals surface area contributed by atoms with Crippen LogP contribution in [0, 0.1) is 0 Å². The fraction of sp³-hybridized carbons (Fsp3) is 0.250. The Labute approximate surface area is 223 Å². The highest BCUT2D eigenvalue weighted by Gasteiger charge is 2.17. The van der Waals surface area contributed by atoms with Crippen molar-refractivity contribution in [2.24, 2.45) is 0 Å². The lowest BCUT2D eigenvalue weighted by Gasteiger charge is -2.23. The minimum absolute atomic E-state index is 0.178. The Morgan fingerprint density at radius 3 is 2.74 bits per heavy atom. The van der Waals surface area contributed by atoms with Gasteiger partial charge in [0.2, 0.25) is 18.2 Å². The van der Waals surface area contributed by atoms with E-state index in [0.717, 1.165) is 24.2 Å². The van der Waals surface area contributed by atoms with E-state index in [1.807, 2.05) is 19.1 Å². The Hall–Kier alpha value is -4.08. The Balaban J connectivity index is 1.31. The van der Waals surface area contributed by atoms with Crippen molar-refractivity contribution in [3.63, 3.8) is 0 Å². The van der Waals surface area contributed by atoms with Crippen LogP contribution in [0.15, 0.2) is 70.3 Å². The van der Waals surface area contributed by atoms with Gasteiger partial charge < -0.3 is 15.1 Å². The lowest BCUT2D eigenvalue weighted by molar-refractivity contribution is 0.461. The molecule has 2 N–H and O–H groups in total. The lowest BCUT2D eigenvalue weighted by Crippen LogP contribution is -2.28. The zero-order valence-corrected chi connectivity index (χ0v) is 21.6. The van der Waals surface area contributed by atoms with Crippen molar-refractivity contribution >= 4 is 34.3 Å². The van der Waals surface area contributed by atoms with E-state index in [9.17, 15) is 4.79 Å². The summed E-state index contributed by atoms with van der Waals surface area (Å²) in [5.74, 6) is 1.34. The molecular weight excluding hydrogens is 502 g/mol.